The molecule has 98 valence electrons. The van der Waals surface area contributed by atoms with E-state index in [2.05, 4.69) is 4.98 Å². The van der Waals surface area contributed by atoms with Crippen LogP contribution in [0, 0.1) is 0 Å². The summed E-state index contributed by atoms with van der Waals surface area (Å²) in [5.74, 6) is -0.408. The third-order valence-corrected chi connectivity index (χ3v) is 2.94. The molecule has 0 unspecified atom stereocenters. The number of hydrogen-bond acceptors (Lipinski definition) is 3. The molecule has 20 heavy (non-hydrogen) atoms. The molecule has 3 aromatic rings. The van der Waals surface area contributed by atoms with Gasteiger partial charge in [-0.15, -0.1) is 0 Å². The van der Waals surface area contributed by atoms with Gasteiger partial charge in [0, 0.05) is 6.20 Å². The van der Waals surface area contributed by atoms with Gasteiger partial charge < -0.3 is 9.84 Å². The van der Waals surface area contributed by atoms with Gasteiger partial charge in [0.25, 0.3) is 0 Å². The summed E-state index contributed by atoms with van der Waals surface area (Å²) >= 11 is 0. The van der Waals surface area contributed by atoms with Crippen LogP contribution in [0.5, 0.6) is 11.6 Å². The van der Waals surface area contributed by atoms with Crippen LogP contribution in [0.4, 0.5) is 0 Å². The minimum absolute atomic E-state index is 0.0423. The number of pyridine rings is 1. The Morgan fingerprint density at radius 2 is 1.80 bits per heavy atom. The van der Waals surface area contributed by atoms with Crippen LogP contribution >= 0.6 is 0 Å². The molecule has 0 bridgehead atoms. The molecule has 0 aliphatic heterocycles. The van der Waals surface area contributed by atoms with Gasteiger partial charge in [0.05, 0.1) is 0 Å². The highest BCUT2D eigenvalue weighted by Gasteiger charge is 2.12. The van der Waals surface area contributed by atoms with Crippen molar-refractivity contribution < 1.29 is 14.6 Å². The number of rotatable bonds is 3. The lowest BCUT2D eigenvalue weighted by Crippen LogP contribution is -2.01. The summed E-state index contributed by atoms with van der Waals surface area (Å²) in [6, 6.07) is 16.5. The second-order valence-electron chi connectivity index (χ2n) is 4.27. The Morgan fingerprint density at radius 1 is 1.00 bits per heavy atom. The van der Waals surface area contributed by atoms with E-state index >= 15 is 0 Å². The summed E-state index contributed by atoms with van der Waals surface area (Å²) in [6.45, 7) is 0. The van der Waals surface area contributed by atoms with Gasteiger partial charge in [-0.2, -0.15) is 0 Å². The number of nitrogens with zero attached hydrogens (tertiary/aromatic N) is 1. The first kappa shape index (κ1) is 12.2. The Hall–Kier alpha value is -2.88. The maximum Gasteiger partial charge on any atom is 0.341 e. The van der Waals surface area contributed by atoms with Crippen LogP contribution < -0.4 is 4.74 Å². The van der Waals surface area contributed by atoms with E-state index in [0.717, 1.165) is 10.8 Å². The molecule has 1 heterocycles. The molecule has 0 saturated heterocycles. The summed E-state index contributed by atoms with van der Waals surface area (Å²) in [5, 5.41) is 11.2. The molecule has 0 amide bonds. The number of ether oxygens (including phenoxy) is 1. The van der Waals surface area contributed by atoms with Gasteiger partial charge in [-0.1, -0.05) is 30.3 Å². The normalized spacial score (nSPS) is 10.4. The van der Waals surface area contributed by atoms with Crippen molar-refractivity contribution in [2.75, 3.05) is 0 Å². The SMILES string of the molecule is O=C(O)c1cccnc1Oc1ccc2ccccc2c1. The van der Waals surface area contributed by atoms with Gasteiger partial charge in [0.1, 0.15) is 11.3 Å². The zero-order valence-corrected chi connectivity index (χ0v) is 10.5. The molecule has 4 nitrogen and oxygen atoms in total. The van der Waals surface area contributed by atoms with Crippen LogP contribution in [0.2, 0.25) is 0 Å². The number of fused-ring (bicyclic) bond motifs is 1. The fraction of sp³-hybridized carbons (Fsp3) is 0. The van der Waals surface area contributed by atoms with Crippen molar-refractivity contribution in [2.45, 2.75) is 0 Å². The molecule has 3 rings (SSSR count). The van der Waals surface area contributed by atoms with Gasteiger partial charge in [0.15, 0.2) is 0 Å². The number of carbonyl (C=O) groups is 1. The van der Waals surface area contributed by atoms with E-state index < -0.39 is 5.97 Å². The summed E-state index contributed by atoms with van der Waals surface area (Å²) in [6.07, 6.45) is 1.50. The maximum absolute atomic E-state index is 11.1. The van der Waals surface area contributed by atoms with Gasteiger partial charge in [-0.3, -0.25) is 0 Å². The Morgan fingerprint density at radius 3 is 2.60 bits per heavy atom. The summed E-state index contributed by atoms with van der Waals surface area (Å²) in [7, 11) is 0. The highest BCUT2D eigenvalue weighted by Crippen LogP contribution is 2.26. The number of carboxylic acid groups (broad SMARTS) is 1. The van der Waals surface area contributed by atoms with Crippen molar-refractivity contribution in [1.29, 1.82) is 0 Å². The van der Waals surface area contributed by atoms with Crippen molar-refractivity contribution in [3.05, 3.63) is 66.4 Å². The fourth-order valence-electron chi connectivity index (χ4n) is 1.98. The zero-order chi connectivity index (χ0) is 13.9. The van der Waals surface area contributed by atoms with Crippen LogP contribution in [-0.4, -0.2) is 16.1 Å². The van der Waals surface area contributed by atoms with Crippen molar-refractivity contribution in [3.63, 3.8) is 0 Å². The van der Waals surface area contributed by atoms with E-state index in [9.17, 15) is 4.79 Å². The van der Waals surface area contributed by atoms with Gasteiger partial charge in [-0.25, -0.2) is 9.78 Å². The number of hydrogen-bond donors (Lipinski definition) is 1. The Bertz CT molecular complexity index is 783. The topological polar surface area (TPSA) is 59.4 Å². The van der Waals surface area contributed by atoms with E-state index in [1.54, 1.807) is 12.1 Å². The minimum Gasteiger partial charge on any atom is -0.477 e. The molecule has 0 spiro atoms. The standard InChI is InChI=1S/C16H11NO3/c18-16(19)14-6-3-9-17-15(14)20-13-8-7-11-4-1-2-5-12(11)10-13/h1-10H,(H,18,19). The van der Waals surface area contributed by atoms with Crippen molar-refractivity contribution in [1.82, 2.24) is 4.98 Å². The molecule has 0 radical (unpaired) electrons. The number of carboxylic acids is 1. The molecule has 2 aromatic carbocycles. The smallest absolute Gasteiger partial charge is 0.341 e. The summed E-state index contributed by atoms with van der Waals surface area (Å²) in [4.78, 5) is 15.1. The molecule has 0 aliphatic carbocycles. The minimum atomic E-state index is -1.06. The van der Waals surface area contributed by atoms with Crippen molar-refractivity contribution in [3.8, 4) is 11.6 Å². The first-order valence-corrected chi connectivity index (χ1v) is 6.09. The molecular weight excluding hydrogens is 254 g/mol. The molecule has 1 N–H and O–H groups in total. The third-order valence-electron chi connectivity index (χ3n) is 2.94. The predicted molar refractivity (Wildman–Crippen MR) is 75.2 cm³/mol. The highest BCUT2D eigenvalue weighted by molar-refractivity contribution is 5.90. The number of aromatic carboxylic acids is 1. The lowest BCUT2D eigenvalue weighted by atomic mass is 10.1. The van der Waals surface area contributed by atoms with E-state index in [-0.39, 0.29) is 11.4 Å². The molecule has 0 saturated carbocycles. The van der Waals surface area contributed by atoms with Crippen LogP contribution in [-0.2, 0) is 0 Å². The Kier molecular flexibility index (Phi) is 3.05. The van der Waals surface area contributed by atoms with Crippen molar-refractivity contribution in [2.24, 2.45) is 0 Å². The molecular formula is C16H11NO3. The van der Waals surface area contributed by atoms with Crippen LogP contribution in [0.15, 0.2) is 60.8 Å². The number of benzene rings is 2. The number of aromatic nitrogens is 1. The Labute approximate surface area is 115 Å². The van der Waals surface area contributed by atoms with Crippen molar-refractivity contribution >= 4 is 16.7 Å². The first-order chi connectivity index (χ1) is 9.74. The Balaban J connectivity index is 1.99. The highest BCUT2D eigenvalue weighted by atomic mass is 16.5. The summed E-state index contributed by atoms with van der Waals surface area (Å²) in [5.41, 5.74) is 0.0423. The fourth-order valence-corrected chi connectivity index (χ4v) is 1.98. The second kappa shape index (κ2) is 5.01. The monoisotopic (exact) mass is 265 g/mol. The zero-order valence-electron chi connectivity index (χ0n) is 10.5. The summed E-state index contributed by atoms with van der Waals surface area (Å²) < 4.78 is 5.59. The third kappa shape index (κ3) is 2.31. The lowest BCUT2D eigenvalue weighted by Gasteiger charge is -2.08. The molecule has 1 aromatic heterocycles. The van der Waals surface area contributed by atoms with E-state index in [1.807, 2.05) is 36.4 Å². The van der Waals surface area contributed by atoms with Crippen LogP contribution in [0.3, 0.4) is 0 Å². The molecule has 0 aliphatic rings. The maximum atomic E-state index is 11.1. The average molecular weight is 265 g/mol. The van der Waals surface area contributed by atoms with E-state index in [0.29, 0.717) is 5.75 Å². The second-order valence-corrected chi connectivity index (χ2v) is 4.27. The van der Waals surface area contributed by atoms with Gasteiger partial charge in [-0.05, 0) is 35.0 Å². The average Bonchev–Trinajstić information content (AvgIpc) is 2.47. The van der Waals surface area contributed by atoms with Gasteiger partial charge in [0.2, 0.25) is 5.88 Å². The molecule has 4 heteroatoms. The lowest BCUT2D eigenvalue weighted by molar-refractivity contribution is 0.0693. The predicted octanol–water partition coefficient (Wildman–Crippen LogP) is 3.73. The van der Waals surface area contributed by atoms with Crippen LogP contribution in [0.25, 0.3) is 10.8 Å². The quantitative estimate of drug-likeness (QED) is 0.784. The van der Waals surface area contributed by atoms with E-state index in [1.165, 1.54) is 12.3 Å². The molecule has 0 atom stereocenters. The van der Waals surface area contributed by atoms with Gasteiger partial charge >= 0.3 is 5.97 Å². The van der Waals surface area contributed by atoms with Crippen LogP contribution in [0.1, 0.15) is 10.4 Å². The van der Waals surface area contributed by atoms with E-state index in [4.69, 9.17) is 9.84 Å². The molecule has 0 fully saturated rings. The largest absolute Gasteiger partial charge is 0.477 e. The first-order valence-electron chi connectivity index (χ1n) is 6.09.